The Morgan fingerprint density at radius 3 is 2.07 bits per heavy atom. The highest BCUT2D eigenvalue weighted by Crippen LogP contribution is 2.23. The van der Waals surface area contributed by atoms with Gasteiger partial charge in [-0.3, -0.25) is 0 Å². The normalized spacial score (nSPS) is 11.9. The van der Waals surface area contributed by atoms with Crippen molar-refractivity contribution in [3.8, 4) is 5.75 Å². The number of hydrogen-bond acceptors (Lipinski definition) is 1. The predicted octanol–water partition coefficient (Wildman–Crippen LogP) is 3.37. The van der Waals surface area contributed by atoms with Crippen LogP contribution in [0.5, 0.6) is 5.75 Å². The Kier molecular flexibility index (Phi) is 4.30. The molecule has 0 N–H and O–H groups in total. The summed E-state index contributed by atoms with van der Waals surface area (Å²) in [6.07, 6.45) is -4.65. The van der Waals surface area contributed by atoms with Crippen LogP contribution >= 0.6 is 22.2 Å². The number of benzene rings is 1. The first kappa shape index (κ1) is 12.7. The van der Waals surface area contributed by atoms with Gasteiger partial charge >= 0.3 is 6.36 Å². The molecule has 1 aromatic carbocycles. The predicted molar refractivity (Wildman–Crippen MR) is 55.7 cm³/mol. The number of ether oxygens (including phenoxy) is 1. The average molecular weight is 275 g/mol. The van der Waals surface area contributed by atoms with Crippen molar-refractivity contribution in [3.05, 3.63) is 29.8 Å². The Labute approximate surface area is 95.8 Å². The number of halogens is 5. The fourth-order valence-corrected chi connectivity index (χ4v) is 2.70. The van der Waals surface area contributed by atoms with Crippen LogP contribution < -0.4 is 4.74 Å². The number of rotatable bonds is 3. The van der Waals surface area contributed by atoms with Gasteiger partial charge < -0.3 is 4.74 Å². The molecule has 0 unspecified atom stereocenters. The van der Waals surface area contributed by atoms with Crippen LogP contribution in [-0.4, -0.2) is 13.8 Å². The van der Waals surface area contributed by atoms with Crippen molar-refractivity contribution in [1.29, 1.82) is 0 Å². The summed E-state index contributed by atoms with van der Waals surface area (Å²) in [7, 11) is -1.77. The monoisotopic (exact) mass is 274 g/mol. The van der Waals surface area contributed by atoms with Crippen molar-refractivity contribution < 1.29 is 17.9 Å². The molecule has 0 bridgehead atoms. The Hall–Kier alpha value is -0.393. The molecule has 0 aliphatic rings. The largest absolute Gasteiger partial charge is 0.573 e. The van der Waals surface area contributed by atoms with Gasteiger partial charge in [0.15, 0.2) is 0 Å². The van der Waals surface area contributed by atoms with Gasteiger partial charge in [-0.15, -0.1) is 35.3 Å². The van der Waals surface area contributed by atoms with E-state index in [9.17, 15) is 13.2 Å². The van der Waals surface area contributed by atoms with Crippen molar-refractivity contribution in [2.45, 2.75) is 12.4 Å². The average Bonchev–Trinajstić information content (AvgIpc) is 2.05. The van der Waals surface area contributed by atoms with E-state index in [0.29, 0.717) is 6.04 Å². The van der Waals surface area contributed by atoms with Crippen LogP contribution in [0.3, 0.4) is 0 Å². The van der Waals surface area contributed by atoms with E-state index in [4.69, 9.17) is 22.2 Å². The van der Waals surface area contributed by atoms with Crippen molar-refractivity contribution in [1.82, 2.24) is 0 Å². The molecular weight excluding hydrogens is 268 g/mol. The maximum Gasteiger partial charge on any atom is 0.573 e. The lowest BCUT2D eigenvalue weighted by Crippen LogP contribution is -2.17. The fourth-order valence-electron chi connectivity index (χ4n) is 1.01. The molecule has 0 saturated heterocycles. The van der Waals surface area contributed by atoms with Gasteiger partial charge in [-0.05, 0) is 23.7 Å². The summed E-state index contributed by atoms with van der Waals surface area (Å²) in [5, 5.41) is 0. The van der Waals surface area contributed by atoms with Crippen LogP contribution in [0.1, 0.15) is 5.56 Å². The van der Waals surface area contributed by atoms with Crippen molar-refractivity contribution in [2.75, 3.05) is 0 Å². The second kappa shape index (κ2) is 5.09. The Balaban J connectivity index is 2.64. The molecule has 0 aliphatic carbocycles. The summed E-state index contributed by atoms with van der Waals surface area (Å²) in [6.45, 7) is 0. The van der Waals surface area contributed by atoms with E-state index in [-0.39, 0.29) is 5.75 Å². The van der Waals surface area contributed by atoms with E-state index in [1.54, 1.807) is 0 Å². The molecule has 0 amide bonds. The highest BCUT2D eigenvalue weighted by molar-refractivity contribution is 7.33. The fraction of sp³-hybridized carbons (Fsp3) is 0.250. The summed E-state index contributed by atoms with van der Waals surface area (Å²) >= 11 is 11.3. The Morgan fingerprint density at radius 2 is 1.67 bits per heavy atom. The number of hydrogen-bond donors (Lipinski definition) is 0. The SMILES string of the molecule is FC(F)(F)Oc1ccc(C[SiH](Cl)Cl)cc1. The lowest BCUT2D eigenvalue weighted by atomic mass is 10.2. The Bertz CT molecular complexity index is 313. The van der Waals surface area contributed by atoms with Gasteiger partial charge in [0.2, 0.25) is 7.42 Å². The zero-order chi connectivity index (χ0) is 11.5. The van der Waals surface area contributed by atoms with Crippen LogP contribution in [0, 0.1) is 0 Å². The Morgan fingerprint density at radius 1 is 1.13 bits per heavy atom. The highest BCUT2D eigenvalue weighted by atomic mass is 35.7. The molecular formula is C8H7Cl2F3OSi. The summed E-state index contributed by atoms with van der Waals surface area (Å²) < 4.78 is 39.1. The zero-order valence-electron chi connectivity index (χ0n) is 7.39. The first-order chi connectivity index (χ1) is 6.87. The first-order valence-corrected chi connectivity index (χ1v) is 8.30. The van der Waals surface area contributed by atoms with E-state index < -0.39 is 13.8 Å². The van der Waals surface area contributed by atoms with Gasteiger partial charge in [0.25, 0.3) is 0 Å². The molecule has 0 aromatic heterocycles. The van der Waals surface area contributed by atoms with E-state index in [1.165, 1.54) is 24.3 Å². The molecule has 15 heavy (non-hydrogen) atoms. The second-order valence-corrected chi connectivity index (χ2v) is 7.81. The zero-order valence-corrected chi connectivity index (χ0v) is 10.1. The molecule has 84 valence electrons. The molecule has 1 rings (SSSR count). The third-order valence-corrected chi connectivity index (χ3v) is 3.25. The summed E-state index contributed by atoms with van der Waals surface area (Å²) in [5.74, 6) is -0.242. The third kappa shape index (κ3) is 5.29. The quantitative estimate of drug-likeness (QED) is 0.607. The minimum Gasteiger partial charge on any atom is -0.406 e. The van der Waals surface area contributed by atoms with Crippen molar-refractivity contribution in [3.63, 3.8) is 0 Å². The van der Waals surface area contributed by atoms with E-state index in [0.717, 1.165) is 5.56 Å². The van der Waals surface area contributed by atoms with E-state index >= 15 is 0 Å². The van der Waals surface area contributed by atoms with Gasteiger partial charge in [-0.1, -0.05) is 12.1 Å². The molecule has 7 heteroatoms. The van der Waals surface area contributed by atoms with Crippen LogP contribution in [0.2, 0.25) is 0 Å². The molecule has 1 nitrogen and oxygen atoms in total. The topological polar surface area (TPSA) is 9.23 Å². The van der Waals surface area contributed by atoms with E-state index in [2.05, 4.69) is 4.74 Å². The summed E-state index contributed by atoms with van der Waals surface area (Å²) in [4.78, 5) is 0. The van der Waals surface area contributed by atoms with Gasteiger partial charge in [-0.2, -0.15) is 0 Å². The molecule has 0 spiro atoms. The third-order valence-electron chi connectivity index (χ3n) is 1.55. The lowest BCUT2D eigenvalue weighted by Gasteiger charge is -2.09. The second-order valence-electron chi connectivity index (χ2n) is 2.79. The van der Waals surface area contributed by atoms with Gasteiger partial charge in [0, 0.05) is 0 Å². The highest BCUT2D eigenvalue weighted by Gasteiger charge is 2.30. The molecule has 0 heterocycles. The van der Waals surface area contributed by atoms with Crippen molar-refractivity contribution >= 4 is 29.6 Å². The van der Waals surface area contributed by atoms with E-state index in [1.807, 2.05) is 0 Å². The van der Waals surface area contributed by atoms with Crippen LogP contribution in [0.25, 0.3) is 0 Å². The minimum atomic E-state index is -4.65. The molecule has 1 aromatic rings. The molecule has 0 radical (unpaired) electrons. The van der Waals surface area contributed by atoms with Gasteiger partial charge in [-0.25, -0.2) is 0 Å². The lowest BCUT2D eigenvalue weighted by molar-refractivity contribution is -0.274. The van der Waals surface area contributed by atoms with Crippen molar-refractivity contribution in [2.24, 2.45) is 0 Å². The standard InChI is InChI=1S/C8H7Cl2F3OSi/c9-15(10)5-6-1-3-7(4-2-6)14-8(11,12)13/h1-4,15H,5H2. The number of alkyl halides is 3. The first-order valence-electron chi connectivity index (χ1n) is 3.99. The van der Waals surface area contributed by atoms with Crippen LogP contribution in [0.4, 0.5) is 13.2 Å². The van der Waals surface area contributed by atoms with Crippen LogP contribution in [-0.2, 0) is 6.04 Å². The van der Waals surface area contributed by atoms with Gasteiger partial charge in [0.1, 0.15) is 5.75 Å². The van der Waals surface area contributed by atoms with Gasteiger partial charge in [0.05, 0.1) is 0 Å². The minimum absolute atomic E-state index is 0.242. The maximum absolute atomic E-state index is 11.8. The smallest absolute Gasteiger partial charge is 0.406 e. The maximum atomic E-state index is 11.8. The molecule has 0 aliphatic heterocycles. The summed E-state index contributed by atoms with van der Waals surface area (Å²) in [6, 6.07) is 6.05. The molecule has 0 saturated carbocycles. The van der Waals surface area contributed by atoms with Crippen LogP contribution in [0.15, 0.2) is 24.3 Å². The molecule has 0 fully saturated rings. The molecule has 0 atom stereocenters. The summed E-state index contributed by atoms with van der Waals surface area (Å²) in [5.41, 5.74) is 0.811.